The maximum Gasteiger partial charge on any atom is 0.139 e. The first-order chi connectivity index (χ1) is 10.0. The Kier molecular flexibility index (Phi) is 4.68. The molecule has 0 aliphatic heterocycles. The van der Waals surface area contributed by atoms with Crippen molar-refractivity contribution in [1.82, 2.24) is 19.7 Å². The van der Waals surface area contributed by atoms with E-state index in [2.05, 4.69) is 41.7 Å². The van der Waals surface area contributed by atoms with E-state index in [0.717, 1.165) is 34.3 Å². The van der Waals surface area contributed by atoms with Gasteiger partial charge in [0.05, 0.1) is 5.35 Å². The van der Waals surface area contributed by atoms with Gasteiger partial charge in [0.2, 0.25) is 0 Å². The molecule has 2 rings (SSSR count). The molecule has 0 spiro atoms. The normalized spacial score (nSPS) is 14.0. The first-order valence-electron chi connectivity index (χ1n) is 7.22. The molecule has 1 atom stereocenters. The van der Waals surface area contributed by atoms with Gasteiger partial charge in [-0.25, -0.2) is 0 Å². The Morgan fingerprint density at radius 1 is 1.33 bits per heavy atom. The largest absolute Gasteiger partial charge is 0.318 e. The molecule has 0 aliphatic rings. The number of rotatable bonds is 4. The third-order valence-electron chi connectivity index (χ3n) is 3.62. The van der Waals surface area contributed by atoms with Crippen LogP contribution >= 0.6 is 0 Å². The molecule has 0 bridgehead atoms. The molecule has 4 heteroatoms. The lowest BCUT2D eigenvalue weighted by Crippen LogP contribution is -2.27. The lowest BCUT2D eigenvalue weighted by Gasteiger charge is -2.05. The SMILES string of the molecule is C=c1ccc(CC)n/c1=C/C=C\C(C)c1nnc(C)n1C. The highest BCUT2D eigenvalue weighted by Crippen LogP contribution is 2.13. The summed E-state index contributed by atoms with van der Waals surface area (Å²) >= 11 is 0. The van der Waals surface area contributed by atoms with Crippen LogP contribution in [0.25, 0.3) is 12.7 Å². The minimum absolute atomic E-state index is 0.204. The summed E-state index contributed by atoms with van der Waals surface area (Å²) in [5.74, 6) is 2.09. The summed E-state index contributed by atoms with van der Waals surface area (Å²) in [6.45, 7) is 10.2. The number of aromatic nitrogens is 4. The molecule has 0 saturated heterocycles. The van der Waals surface area contributed by atoms with E-state index in [-0.39, 0.29) is 5.92 Å². The van der Waals surface area contributed by atoms with Crippen molar-refractivity contribution in [1.29, 1.82) is 0 Å². The van der Waals surface area contributed by atoms with Crippen molar-refractivity contribution in [3.8, 4) is 0 Å². The van der Waals surface area contributed by atoms with E-state index < -0.39 is 0 Å². The fourth-order valence-corrected chi connectivity index (χ4v) is 2.11. The van der Waals surface area contributed by atoms with Crippen LogP contribution in [0.4, 0.5) is 0 Å². The third-order valence-corrected chi connectivity index (χ3v) is 3.62. The highest BCUT2D eigenvalue weighted by atomic mass is 15.3. The van der Waals surface area contributed by atoms with Crippen molar-refractivity contribution < 1.29 is 0 Å². The van der Waals surface area contributed by atoms with Gasteiger partial charge in [0.1, 0.15) is 11.6 Å². The van der Waals surface area contributed by atoms with E-state index in [0.29, 0.717) is 0 Å². The van der Waals surface area contributed by atoms with E-state index in [1.807, 2.05) is 42.8 Å². The van der Waals surface area contributed by atoms with Gasteiger partial charge in [-0.15, -0.1) is 10.2 Å². The molecule has 0 saturated carbocycles. The molecule has 0 radical (unpaired) electrons. The van der Waals surface area contributed by atoms with E-state index in [4.69, 9.17) is 0 Å². The molecule has 0 aromatic carbocycles. The van der Waals surface area contributed by atoms with Gasteiger partial charge >= 0.3 is 0 Å². The summed E-state index contributed by atoms with van der Waals surface area (Å²) in [5.41, 5.74) is 1.08. The maximum absolute atomic E-state index is 4.58. The highest BCUT2D eigenvalue weighted by Gasteiger charge is 2.09. The van der Waals surface area contributed by atoms with Crippen molar-refractivity contribution in [2.24, 2.45) is 7.05 Å². The van der Waals surface area contributed by atoms with Gasteiger partial charge in [0.15, 0.2) is 0 Å². The molecule has 4 nitrogen and oxygen atoms in total. The van der Waals surface area contributed by atoms with E-state index >= 15 is 0 Å². The molecule has 2 aromatic heterocycles. The predicted molar refractivity (Wildman–Crippen MR) is 86.1 cm³/mol. The minimum Gasteiger partial charge on any atom is -0.318 e. The second-order valence-corrected chi connectivity index (χ2v) is 5.21. The second kappa shape index (κ2) is 6.48. The summed E-state index contributed by atoms with van der Waals surface area (Å²) in [5, 5.41) is 10.2. The molecule has 21 heavy (non-hydrogen) atoms. The Morgan fingerprint density at radius 2 is 2.10 bits per heavy atom. The Labute approximate surface area is 125 Å². The average Bonchev–Trinajstić information content (AvgIpc) is 2.81. The zero-order chi connectivity index (χ0) is 15.4. The molecule has 1 unspecified atom stereocenters. The fraction of sp³-hybridized carbons (Fsp3) is 0.353. The van der Waals surface area contributed by atoms with Crippen LogP contribution in [0.5, 0.6) is 0 Å². The van der Waals surface area contributed by atoms with Crippen molar-refractivity contribution in [2.45, 2.75) is 33.1 Å². The highest BCUT2D eigenvalue weighted by molar-refractivity contribution is 5.36. The van der Waals surface area contributed by atoms with Crippen LogP contribution in [0.15, 0.2) is 24.3 Å². The van der Waals surface area contributed by atoms with Crippen LogP contribution in [0.3, 0.4) is 0 Å². The van der Waals surface area contributed by atoms with Gasteiger partial charge < -0.3 is 4.57 Å². The van der Waals surface area contributed by atoms with Gasteiger partial charge in [-0.1, -0.05) is 38.6 Å². The minimum atomic E-state index is 0.204. The average molecular weight is 282 g/mol. The maximum atomic E-state index is 4.58. The second-order valence-electron chi connectivity index (χ2n) is 5.21. The molecule has 2 aromatic rings. The molecule has 0 fully saturated rings. The van der Waals surface area contributed by atoms with Crippen molar-refractivity contribution in [3.63, 3.8) is 0 Å². The number of hydrogen-bond donors (Lipinski definition) is 0. The standard InChI is InChI=1S/C17H22N4/c1-6-15-11-10-12(2)16(18-15)9-7-8-13(3)17-20-19-14(4)21(17)5/h7-11,13H,2,6H2,1,3-5H3/b8-7-,16-9+. The van der Waals surface area contributed by atoms with Gasteiger partial charge in [-0.3, -0.25) is 4.98 Å². The first-order valence-corrected chi connectivity index (χ1v) is 7.22. The van der Waals surface area contributed by atoms with Crippen LogP contribution in [-0.2, 0) is 13.5 Å². The van der Waals surface area contributed by atoms with E-state index in [1.54, 1.807) is 0 Å². The zero-order valence-corrected chi connectivity index (χ0v) is 13.2. The number of allylic oxidation sites excluding steroid dienone is 2. The fourth-order valence-electron chi connectivity index (χ4n) is 2.11. The van der Waals surface area contributed by atoms with Crippen LogP contribution in [0, 0.1) is 6.92 Å². The van der Waals surface area contributed by atoms with Gasteiger partial charge in [-0.05, 0) is 30.7 Å². The summed E-state index contributed by atoms with van der Waals surface area (Å²) in [4.78, 5) is 4.58. The first kappa shape index (κ1) is 15.2. The molecule has 0 amide bonds. The molecular weight excluding hydrogens is 260 g/mol. The number of nitrogens with zero attached hydrogens (tertiary/aromatic N) is 4. The molecule has 110 valence electrons. The predicted octanol–water partition coefficient (Wildman–Crippen LogP) is 1.63. The van der Waals surface area contributed by atoms with Gasteiger partial charge in [0, 0.05) is 18.7 Å². The monoisotopic (exact) mass is 282 g/mol. The Bertz CT molecular complexity index is 756. The zero-order valence-electron chi connectivity index (χ0n) is 13.2. The van der Waals surface area contributed by atoms with Gasteiger partial charge in [-0.2, -0.15) is 0 Å². The number of aryl methyl sites for hydroxylation is 2. The molecule has 0 aliphatic carbocycles. The number of pyridine rings is 1. The van der Waals surface area contributed by atoms with Crippen LogP contribution in [-0.4, -0.2) is 19.7 Å². The molecular formula is C17H22N4. The quantitative estimate of drug-likeness (QED) is 0.856. The lowest BCUT2D eigenvalue weighted by atomic mass is 10.1. The van der Waals surface area contributed by atoms with Crippen molar-refractivity contribution >= 4 is 12.7 Å². The van der Waals surface area contributed by atoms with Crippen molar-refractivity contribution in [3.05, 3.63) is 52.2 Å². The molecule has 0 N–H and O–H groups in total. The molecule has 2 heterocycles. The van der Waals surface area contributed by atoms with Gasteiger partial charge in [0.25, 0.3) is 0 Å². The Balaban J connectivity index is 2.24. The summed E-state index contributed by atoms with van der Waals surface area (Å²) in [6, 6.07) is 4.04. The van der Waals surface area contributed by atoms with E-state index in [9.17, 15) is 0 Å². The lowest BCUT2D eigenvalue weighted by molar-refractivity contribution is 0.740. The third kappa shape index (κ3) is 3.45. The van der Waals surface area contributed by atoms with Crippen LogP contribution in [0.1, 0.15) is 37.1 Å². The Morgan fingerprint density at radius 3 is 2.71 bits per heavy atom. The van der Waals surface area contributed by atoms with E-state index in [1.165, 1.54) is 0 Å². The smallest absolute Gasteiger partial charge is 0.139 e. The summed E-state index contributed by atoms with van der Waals surface area (Å²) in [6.07, 6.45) is 7.05. The summed E-state index contributed by atoms with van der Waals surface area (Å²) < 4.78 is 2.01. The van der Waals surface area contributed by atoms with Crippen LogP contribution in [0.2, 0.25) is 0 Å². The topological polar surface area (TPSA) is 43.6 Å². The Hall–Kier alpha value is -2.23. The van der Waals surface area contributed by atoms with Crippen molar-refractivity contribution in [2.75, 3.05) is 0 Å². The number of hydrogen-bond acceptors (Lipinski definition) is 3. The summed E-state index contributed by atoms with van der Waals surface area (Å²) in [7, 11) is 1.99. The van der Waals surface area contributed by atoms with Crippen LogP contribution < -0.4 is 10.6 Å².